The fourth-order valence-corrected chi connectivity index (χ4v) is 4.33. The average molecular weight is 472 g/mol. The topological polar surface area (TPSA) is 84.8 Å². The van der Waals surface area contributed by atoms with Crippen LogP contribution >= 0.6 is 11.6 Å². The van der Waals surface area contributed by atoms with E-state index in [1.54, 1.807) is 6.20 Å². The zero-order chi connectivity index (χ0) is 22.9. The number of nitrogens with one attached hydrogen (secondary N) is 1. The molecule has 1 aliphatic rings. The first kappa shape index (κ1) is 20.8. The predicted molar refractivity (Wildman–Crippen MR) is 132 cm³/mol. The van der Waals surface area contributed by atoms with Gasteiger partial charge in [-0.05, 0) is 29.8 Å². The third-order valence-corrected chi connectivity index (χ3v) is 6.20. The molecule has 34 heavy (non-hydrogen) atoms. The first-order valence-corrected chi connectivity index (χ1v) is 11.5. The largest absolute Gasteiger partial charge is 0.378 e. The third kappa shape index (κ3) is 4.02. The summed E-state index contributed by atoms with van der Waals surface area (Å²) < 4.78 is 7.47. The summed E-state index contributed by atoms with van der Waals surface area (Å²) in [6.45, 7) is 2.77. The van der Waals surface area contributed by atoms with Gasteiger partial charge in [0.2, 0.25) is 11.9 Å². The van der Waals surface area contributed by atoms with Crippen LogP contribution in [0.2, 0.25) is 5.02 Å². The smallest absolute Gasteiger partial charge is 0.240 e. The van der Waals surface area contributed by atoms with Gasteiger partial charge >= 0.3 is 0 Å². The number of aromatic nitrogens is 6. The minimum Gasteiger partial charge on any atom is -0.378 e. The molecule has 1 N–H and O–H groups in total. The second kappa shape index (κ2) is 8.89. The molecule has 9 heteroatoms. The number of hydrogen-bond acceptors (Lipinski definition) is 6. The van der Waals surface area contributed by atoms with Crippen molar-refractivity contribution in [2.24, 2.45) is 0 Å². The number of ether oxygens (including phenoxy) is 1. The Morgan fingerprint density at radius 3 is 2.62 bits per heavy atom. The van der Waals surface area contributed by atoms with Gasteiger partial charge < -0.3 is 14.6 Å². The number of aromatic amines is 1. The van der Waals surface area contributed by atoms with Crippen molar-refractivity contribution in [2.75, 3.05) is 31.2 Å². The summed E-state index contributed by atoms with van der Waals surface area (Å²) in [5.41, 5.74) is 3.10. The van der Waals surface area contributed by atoms with Gasteiger partial charge in [0, 0.05) is 59.6 Å². The molecule has 0 radical (unpaired) electrons. The van der Waals surface area contributed by atoms with E-state index in [1.165, 1.54) is 0 Å². The first-order valence-electron chi connectivity index (χ1n) is 11.2. The number of benzene rings is 2. The number of halogens is 1. The summed E-state index contributed by atoms with van der Waals surface area (Å²) in [4.78, 5) is 24.6. The van der Waals surface area contributed by atoms with Gasteiger partial charge in [0.05, 0.1) is 13.2 Å². The average Bonchev–Trinajstić information content (AvgIpc) is 3.55. The predicted octanol–water partition coefficient (Wildman–Crippen LogP) is 4.29. The molecule has 4 heterocycles. The van der Waals surface area contributed by atoms with Crippen LogP contribution in [-0.2, 0) is 11.2 Å². The van der Waals surface area contributed by atoms with Crippen LogP contribution < -0.4 is 4.90 Å². The summed E-state index contributed by atoms with van der Waals surface area (Å²) in [7, 11) is 0. The fourth-order valence-electron chi connectivity index (χ4n) is 4.20. The second-order valence-corrected chi connectivity index (χ2v) is 8.56. The summed E-state index contributed by atoms with van der Waals surface area (Å²) in [5.74, 6) is 2.65. The Morgan fingerprint density at radius 2 is 1.76 bits per heavy atom. The first-order chi connectivity index (χ1) is 16.7. The molecule has 0 bridgehead atoms. The molecule has 170 valence electrons. The van der Waals surface area contributed by atoms with E-state index >= 15 is 0 Å². The van der Waals surface area contributed by atoms with Crippen LogP contribution in [0.25, 0.3) is 28.2 Å². The number of morpholine rings is 1. The maximum absolute atomic E-state index is 6.06. The highest BCUT2D eigenvalue weighted by Crippen LogP contribution is 2.28. The van der Waals surface area contributed by atoms with Crippen molar-refractivity contribution in [3.63, 3.8) is 0 Å². The minimum atomic E-state index is 0.542. The van der Waals surface area contributed by atoms with E-state index in [2.05, 4.69) is 14.9 Å². The highest BCUT2D eigenvalue weighted by atomic mass is 35.5. The van der Waals surface area contributed by atoms with Crippen LogP contribution in [0.4, 0.5) is 5.95 Å². The van der Waals surface area contributed by atoms with Crippen LogP contribution in [0, 0.1) is 0 Å². The molecule has 1 fully saturated rings. The van der Waals surface area contributed by atoms with E-state index in [9.17, 15) is 0 Å². The highest BCUT2D eigenvalue weighted by Gasteiger charge is 2.20. The molecule has 1 saturated heterocycles. The summed E-state index contributed by atoms with van der Waals surface area (Å²) in [6.07, 6.45) is 6.23. The number of fused-ring (bicyclic) bond motifs is 1. The summed E-state index contributed by atoms with van der Waals surface area (Å²) in [6, 6.07) is 15.9. The van der Waals surface area contributed by atoms with Crippen molar-refractivity contribution in [2.45, 2.75) is 6.42 Å². The Bertz CT molecular complexity index is 1440. The fraction of sp³-hybridized carbons (Fsp3) is 0.200. The molecule has 0 saturated carbocycles. The molecule has 0 spiro atoms. The van der Waals surface area contributed by atoms with Gasteiger partial charge in [0.15, 0.2) is 5.82 Å². The lowest BCUT2D eigenvalue weighted by Crippen LogP contribution is -2.37. The molecule has 0 amide bonds. The van der Waals surface area contributed by atoms with Gasteiger partial charge in [0.1, 0.15) is 5.82 Å². The lowest BCUT2D eigenvalue weighted by atomic mass is 10.1. The van der Waals surface area contributed by atoms with Crippen LogP contribution in [-0.4, -0.2) is 55.8 Å². The molecule has 0 unspecified atom stereocenters. The normalized spacial score (nSPS) is 14.1. The van der Waals surface area contributed by atoms with Crippen molar-refractivity contribution in [3.05, 3.63) is 83.5 Å². The van der Waals surface area contributed by atoms with E-state index in [0.29, 0.717) is 42.4 Å². The van der Waals surface area contributed by atoms with Crippen molar-refractivity contribution < 1.29 is 4.74 Å². The Kier molecular flexibility index (Phi) is 5.44. The van der Waals surface area contributed by atoms with Gasteiger partial charge in [0.25, 0.3) is 0 Å². The van der Waals surface area contributed by atoms with Gasteiger partial charge in [-0.2, -0.15) is 15.0 Å². The number of nitrogens with zero attached hydrogens (tertiary/aromatic N) is 6. The van der Waals surface area contributed by atoms with Crippen LogP contribution in [0.5, 0.6) is 0 Å². The van der Waals surface area contributed by atoms with E-state index in [0.717, 1.165) is 40.9 Å². The molecule has 3 aromatic heterocycles. The van der Waals surface area contributed by atoms with Gasteiger partial charge in [-0.3, -0.25) is 4.57 Å². The number of anilines is 1. The van der Waals surface area contributed by atoms with Crippen LogP contribution in [0.3, 0.4) is 0 Å². The van der Waals surface area contributed by atoms with Crippen LogP contribution in [0.15, 0.2) is 67.1 Å². The standard InChI is InChI=1S/C25H22ClN7O/c26-18-6-4-17(5-7-18)16-22-28-10-11-33(22)25-30-23(20-2-1-3-21-19(20)8-9-27-21)29-24(31-25)32-12-14-34-15-13-32/h1-11,27H,12-16H2. The lowest BCUT2D eigenvalue weighted by Gasteiger charge is -2.27. The Balaban J connectivity index is 1.46. The Labute approximate surface area is 201 Å². The Hall–Kier alpha value is -3.75. The maximum Gasteiger partial charge on any atom is 0.240 e. The second-order valence-electron chi connectivity index (χ2n) is 8.12. The summed E-state index contributed by atoms with van der Waals surface area (Å²) in [5, 5.41) is 1.78. The third-order valence-electron chi connectivity index (χ3n) is 5.95. The number of rotatable bonds is 5. The molecule has 1 aliphatic heterocycles. The van der Waals surface area contributed by atoms with Crippen molar-refractivity contribution in [1.82, 2.24) is 29.5 Å². The molecule has 2 aromatic carbocycles. The highest BCUT2D eigenvalue weighted by molar-refractivity contribution is 6.30. The minimum absolute atomic E-state index is 0.542. The quantitative estimate of drug-likeness (QED) is 0.411. The van der Waals surface area contributed by atoms with E-state index in [4.69, 9.17) is 31.3 Å². The number of imidazole rings is 1. The Morgan fingerprint density at radius 1 is 0.941 bits per heavy atom. The van der Waals surface area contributed by atoms with Gasteiger partial charge in [-0.25, -0.2) is 4.98 Å². The zero-order valence-corrected chi connectivity index (χ0v) is 19.1. The van der Waals surface area contributed by atoms with Crippen molar-refractivity contribution >= 4 is 28.5 Å². The van der Waals surface area contributed by atoms with Gasteiger partial charge in [-0.1, -0.05) is 35.9 Å². The molecule has 0 aliphatic carbocycles. The van der Waals surface area contributed by atoms with Crippen LogP contribution in [0.1, 0.15) is 11.4 Å². The van der Waals surface area contributed by atoms with Crippen molar-refractivity contribution in [3.8, 4) is 17.3 Å². The molecular formula is C25H22ClN7O. The lowest BCUT2D eigenvalue weighted by molar-refractivity contribution is 0.122. The van der Waals surface area contributed by atoms with E-state index < -0.39 is 0 Å². The SMILES string of the molecule is Clc1ccc(Cc2nccn2-c2nc(-c3cccc4[nH]ccc34)nc(N3CCOCC3)n2)cc1. The maximum atomic E-state index is 6.06. The van der Waals surface area contributed by atoms with Crippen molar-refractivity contribution in [1.29, 1.82) is 0 Å². The molecule has 8 nitrogen and oxygen atoms in total. The molecule has 0 atom stereocenters. The van der Waals surface area contributed by atoms with E-state index in [1.807, 2.05) is 65.5 Å². The van der Waals surface area contributed by atoms with E-state index in [-0.39, 0.29) is 0 Å². The molecular weight excluding hydrogens is 450 g/mol. The number of hydrogen-bond donors (Lipinski definition) is 1. The number of H-pyrrole nitrogens is 1. The monoisotopic (exact) mass is 471 g/mol. The summed E-state index contributed by atoms with van der Waals surface area (Å²) >= 11 is 6.06. The zero-order valence-electron chi connectivity index (χ0n) is 18.4. The molecule has 5 aromatic rings. The molecule has 6 rings (SSSR count). The van der Waals surface area contributed by atoms with Gasteiger partial charge in [-0.15, -0.1) is 0 Å².